The minimum atomic E-state index is -0.997. The van der Waals surface area contributed by atoms with E-state index in [-0.39, 0.29) is 19.1 Å². The van der Waals surface area contributed by atoms with Gasteiger partial charge in [0.05, 0.1) is 18.6 Å². The highest BCUT2D eigenvalue weighted by Crippen LogP contribution is 2.33. The van der Waals surface area contributed by atoms with E-state index in [2.05, 4.69) is 0 Å². The molecule has 0 unspecified atom stereocenters. The Morgan fingerprint density at radius 2 is 1.49 bits per heavy atom. The molecule has 1 aliphatic heterocycles. The third-order valence-corrected chi connectivity index (χ3v) is 6.46. The number of amides is 2. The van der Waals surface area contributed by atoms with E-state index >= 15 is 0 Å². The molecule has 2 atom stereocenters. The molecule has 0 saturated carbocycles. The van der Waals surface area contributed by atoms with Crippen LogP contribution in [0.25, 0.3) is 5.57 Å². The molecule has 2 amide bonds. The number of benzene rings is 3. The molecule has 0 bridgehead atoms. The molecule has 35 heavy (non-hydrogen) atoms. The fourth-order valence-electron chi connectivity index (χ4n) is 4.37. The number of hydrogen-bond acceptors (Lipinski definition) is 4. The van der Waals surface area contributed by atoms with Crippen LogP contribution >= 0.6 is 0 Å². The molecular weight excluding hydrogens is 438 g/mol. The summed E-state index contributed by atoms with van der Waals surface area (Å²) in [4.78, 5) is 26.7. The zero-order valence-electron chi connectivity index (χ0n) is 20.1. The average Bonchev–Trinajstić information content (AvgIpc) is 3.24. The maximum atomic E-state index is 13.2. The number of aliphatic hydroxyl groups excluding tert-OH is 1. The van der Waals surface area contributed by atoms with E-state index in [0.29, 0.717) is 6.42 Å². The SMILES string of the molecule is CC(C)(C=C(c1ccccc1)c1ccccc1)[C@@H](O)CC(=O)N1C(=O)OC[C@@H]1Cc1ccccc1. The Morgan fingerprint density at radius 3 is 2.03 bits per heavy atom. The van der Waals surface area contributed by atoms with Crippen LogP contribution in [-0.4, -0.2) is 40.8 Å². The Labute approximate surface area is 206 Å². The van der Waals surface area contributed by atoms with Gasteiger partial charge >= 0.3 is 6.09 Å². The smallest absolute Gasteiger partial charge is 0.416 e. The zero-order valence-corrected chi connectivity index (χ0v) is 20.1. The number of rotatable bonds is 8. The lowest BCUT2D eigenvalue weighted by Crippen LogP contribution is -2.43. The van der Waals surface area contributed by atoms with Crippen LogP contribution in [0.5, 0.6) is 0 Å². The van der Waals surface area contributed by atoms with Gasteiger partial charge in [0.1, 0.15) is 6.61 Å². The predicted octanol–water partition coefficient (Wildman–Crippen LogP) is 5.49. The Bertz CT molecular complexity index is 1130. The molecule has 1 heterocycles. The first-order chi connectivity index (χ1) is 16.8. The topological polar surface area (TPSA) is 66.8 Å². The van der Waals surface area contributed by atoms with Crippen LogP contribution in [0.4, 0.5) is 4.79 Å². The summed E-state index contributed by atoms with van der Waals surface area (Å²) in [5.74, 6) is -0.427. The van der Waals surface area contributed by atoms with Crippen LogP contribution in [0.2, 0.25) is 0 Å². The number of cyclic esters (lactones) is 1. The molecule has 0 aliphatic carbocycles. The van der Waals surface area contributed by atoms with E-state index in [0.717, 1.165) is 22.3 Å². The van der Waals surface area contributed by atoms with Crippen molar-refractivity contribution < 1.29 is 19.4 Å². The Hall–Kier alpha value is -3.70. The van der Waals surface area contributed by atoms with Crippen LogP contribution in [0, 0.1) is 5.41 Å². The second-order valence-corrected chi connectivity index (χ2v) is 9.52. The van der Waals surface area contributed by atoms with E-state index in [4.69, 9.17) is 4.74 Å². The zero-order chi connectivity index (χ0) is 24.8. The van der Waals surface area contributed by atoms with Crippen molar-refractivity contribution >= 4 is 17.6 Å². The monoisotopic (exact) mass is 469 g/mol. The summed E-state index contributed by atoms with van der Waals surface area (Å²) >= 11 is 0. The minimum Gasteiger partial charge on any atom is -0.447 e. The fraction of sp³-hybridized carbons (Fsp3) is 0.267. The first-order valence-corrected chi connectivity index (χ1v) is 11.9. The second kappa shape index (κ2) is 10.7. The summed E-state index contributed by atoms with van der Waals surface area (Å²) in [7, 11) is 0. The second-order valence-electron chi connectivity index (χ2n) is 9.52. The first kappa shape index (κ1) is 24.4. The number of carbonyl (C=O) groups is 2. The molecule has 0 radical (unpaired) electrons. The third kappa shape index (κ3) is 5.87. The Morgan fingerprint density at radius 1 is 0.971 bits per heavy atom. The number of nitrogens with zero attached hydrogens (tertiary/aromatic N) is 1. The molecule has 1 N–H and O–H groups in total. The summed E-state index contributed by atoms with van der Waals surface area (Å²) in [5.41, 5.74) is 3.31. The minimum absolute atomic E-state index is 0.158. The Balaban J connectivity index is 1.54. The van der Waals surface area contributed by atoms with E-state index in [1.54, 1.807) is 0 Å². The van der Waals surface area contributed by atoms with Gasteiger partial charge in [0, 0.05) is 5.41 Å². The number of imide groups is 1. The lowest BCUT2D eigenvalue weighted by molar-refractivity contribution is -0.132. The molecule has 0 aromatic heterocycles. The molecule has 3 aromatic rings. The first-order valence-electron chi connectivity index (χ1n) is 11.9. The van der Waals surface area contributed by atoms with Gasteiger partial charge in [-0.1, -0.05) is 111 Å². The highest BCUT2D eigenvalue weighted by molar-refractivity contribution is 5.94. The van der Waals surface area contributed by atoms with Crippen molar-refractivity contribution in [2.75, 3.05) is 6.61 Å². The summed E-state index contributed by atoms with van der Waals surface area (Å²) in [6.07, 6.45) is 0.707. The largest absolute Gasteiger partial charge is 0.447 e. The standard InChI is InChI=1S/C30H31NO4/c1-30(2,20-26(23-14-8-4-9-15-23)24-16-10-5-11-17-24)27(32)19-28(33)31-25(21-35-29(31)34)18-22-12-6-3-7-13-22/h3-17,20,25,27,32H,18-19,21H2,1-2H3/t25-,27-/m0/s1. The van der Waals surface area contributed by atoms with Crippen LogP contribution in [0.3, 0.4) is 0 Å². The van der Waals surface area contributed by atoms with Gasteiger partial charge in [0.15, 0.2) is 0 Å². The molecule has 1 fully saturated rings. The van der Waals surface area contributed by atoms with Gasteiger partial charge in [-0.25, -0.2) is 9.69 Å². The van der Waals surface area contributed by atoms with Gasteiger partial charge < -0.3 is 9.84 Å². The molecular formula is C30H31NO4. The summed E-state index contributed by atoms with van der Waals surface area (Å²) < 4.78 is 5.19. The van der Waals surface area contributed by atoms with Crippen LogP contribution in [0.1, 0.15) is 37.0 Å². The normalized spacial score (nSPS) is 16.5. The lowest BCUT2D eigenvalue weighted by Gasteiger charge is -2.30. The molecule has 1 aliphatic rings. The van der Waals surface area contributed by atoms with E-state index in [1.165, 1.54) is 4.90 Å². The molecule has 0 spiro atoms. The van der Waals surface area contributed by atoms with Crippen LogP contribution < -0.4 is 0 Å². The Kier molecular flexibility index (Phi) is 7.47. The van der Waals surface area contributed by atoms with Gasteiger partial charge in [-0.3, -0.25) is 4.79 Å². The van der Waals surface area contributed by atoms with Crippen molar-refractivity contribution in [1.29, 1.82) is 0 Å². The third-order valence-electron chi connectivity index (χ3n) is 6.46. The number of carbonyl (C=O) groups excluding carboxylic acids is 2. The molecule has 3 aromatic carbocycles. The highest BCUT2D eigenvalue weighted by atomic mass is 16.6. The fourth-order valence-corrected chi connectivity index (χ4v) is 4.37. The van der Waals surface area contributed by atoms with Crippen molar-refractivity contribution in [2.45, 2.75) is 38.8 Å². The maximum Gasteiger partial charge on any atom is 0.416 e. The lowest BCUT2D eigenvalue weighted by atomic mass is 9.80. The van der Waals surface area contributed by atoms with Gasteiger partial charge in [0.2, 0.25) is 5.91 Å². The maximum absolute atomic E-state index is 13.2. The van der Waals surface area contributed by atoms with Crippen molar-refractivity contribution in [1.82, 2.24) is 4.90 Å². The summed E-state index contributed by atoms with van der Waals surface area (Å²) in [6, 6.07) is 29.3. The van der Waals surface area contributed by atoms with Gasteiger partial charge in [-0.05, 0) is 28.7 Å². The van der Waals surface area contributed by atoms with E-state index in [1.807, 2.05) is 111 Å². The summed E-state index contributed by atoms with van der Waals surface area (Å²) in [6.45, 7) is 3.96. The number of hydrogen-bond donors (Lipinski definition) is 1. The van der Waals surface area contributed by atoms with Crippen molar-refractivity contribution in [2.24, 2.45) is 5.41 Å². The van der Waals surface area contributed by atoms with Gasteiger partial charge in [-0.2, -0.15) is 0 Å². The van der Waals surface area contributed by atoms with Gasteiger partial charge in [0.25, 0.3) is 0 Å². The molecule has 1 saturated heterocycles. The van der Waals surface area contributed by atoms with Gasteiger partial charge in [-0.15, -0.1) is 0 Å². The van der Waals surface area contributed by atoms with Crippen molar-refractivity contribution in [3.8, 4) is 0 Å². The number of ether oxygens (including phenoxy) is 1. The summed E-state index contributed by atoms with van der Waals surface area (Å²) in [5, 5.41) is 11.2. The molecule has 180 valence electrons. The molecule has 5 nitrogen and oxygen atoms in total. The quantitative estimate of drug-likeness (QED) is 0.474. The van der Waals surface area contributed by atoms with E-state index < -0.39 is 23.5 Å². The van der Waals surface area contributed by atoms with Crippen LogP contribution in [0.15, 0.2) is 97.1 Å². The van der Waals surface area contributed by atoms with E-state index in [9.17, 15) is 14.7 Å². The molecule has 5 heteroatoms. The highest BCUT2D eigenvalue weighted by Gasteiger charge is 2.40. The average molecular weight is 470 g/mol. The number of aliphatic hydroxyl groups is 1. The van der Waals surface area contributed by atoms with Crippen molar-refractivity contribution in [3.05, 3.63) is 114 Å². The predicted molar refractivity (Wildman–Crippen MR) is 136 cm³/mol. The van der Waals surface area contributed by atoms with Crippen LogP contribution in [-0.2, 0) is 16.0 Å². The molecule has 4 rings (SSSR count). The van der Waals surface area contributed by atoms with Crippen molar-refractivity contribution in [3.63, 3.8) is 0 Å².